The van der Waals surface area contributed by atoms with Crippen molar-refractivity contribution in [3.8, 4) is 0 Å². The van der Waals surface area contributed by atoms with Crippen LogP contribution in [0.3, 0.4) is 0 Å². The van der Waals surface area contributed by atoms with Crippen molar-refractivity contribution in [1.29, 1.82) is 0 Å². The Balaban J connectivity index is 3.17. The van der Waals surface area contributed by atoms with Crippen LogP contribution < -0.4 is 0 Å². The molecule has 5 heteroatoms. The minimum Gasteiger partial charge on any atom is -0.283 e. The van der Waals surface area contributed by atoms with Gasteiger partial charge in [-0.05, 0) is 0 Å². The number of halogens is 1. The highest BCUT2D eigenvalue weighted by Gasteiger charge is 1.96. The third-order valence-electron chi connectivity index (χ3n) is 0.248. The molecule has 0 fully saturated rings. The molecule has 0 unspecified atom stereocenters. The van der Waals surface area contributed by atoms with E-state index in [0.29, 0.717) is 0 Å². The summed E-state index contributed by atoms with van der Waals surface area (Å²) in [5.41, 5.74) is 0. The molecule has 0 aliphatic carbocycles. The lowest BCUT2D eigenvalue weighted by Crippen LogP contribution is -1.98. The van der Waals surface area contributed by atoms with Crippen LogP contribution in [0.1, 0.15) is 0 Å². The van der Waals surface area contributed by atoms with Gasteiger partial charge in [0.1, 0.15) is 5.88 Å². The summed E-state index contributed by atoms with van der Waals surface area (Å²) in [5.74, 6) is -1.18. The molecule has 0 rings (SSSR count). The van der Waals surface area contributed by atoms with E-state index in [4.69, 9.17) is 16.5 Å². The molecule has 0 aliphatic rings. The molecule has 0 spiro atoms. The highest BCUT2D eigenvalue weighted by Crippen LogP contribution is 1.80. The molecule has 0 atom stereocenters. The fourth-order valence-electron chi connectivity index (χ4n) is 0.0660. The van der Waals surface area contributed by atoms with Crippen molar-refractivity contribution in [2.45, 2.75) is 0 Å². The molecule has 7 heavy (non-hydrogen) atoms. The first-order valence-electron chi connectivity index (χ1n) is 1.39. The number of carbonyl (C=O) groups is 1. The van der Waals surface area contributed by atoms with E-state index >= 15 is 0 Å². The maximum atomic E-state index is 9.76. The van der Waals surface area contributed by atoms with E-state index in [1.807, 2.05) is 5.34 Å². The predicted octanol–water partition coefficient (Wildman–Crippen LogP) is 0.450. The van der Waals surface area contributed by atoms with Crippen LogP contribution in [0.15, 0.2) is 5.34 Å². The normalized spacial score (nSPS) is 7.57. The van der Waals surface area contributed by atoms with Crippen molar-refractivity contribution in [3.05, 3.63) is 4.91 Å². The second kappa shape index (κ2) is 3.55. The molecular weight excluding hydrogens is 121 g/mol. The monoisotopic (exact) mass is 123 g/mol. The van der Waals surface area contributed by atoms with Crippen LogP contribution in [0.25, 0.3) is 0 Å². The quantitative estimate of drug-likeness (QED) is 0.304. The third-order valence-corrected chi connectivity index (χ3v) is 0.466. The molecule has 4 nitrogen and oxygen atoms in total. The van der Waals surface area contributed by atoms with E-state index < -0.39 is 5.97 Å². The molecule has 0 aromatic carbocycles. The molecule has 0 aliphatic heterocycles. The molecule has 0 aromatic heterocycles. The number of nitrogens with zero attached hydrogens (tertiary/aromatic N) is 1. The van der Waals surface area contributed by atoms with Gasteiger partial charge in [0.05, 0.1) is 0 Å². The fourth-order valence-corrected chi connectivity index (χ4v) is 0.115. The predicted molar refractivity (Wildman–Crippen MR) is 22.6 cm³/mol. The Morgan fingerprint density at radius 3 is 2.57 bits per heavy atom. The molecule has 0 heterocycles. The van der Waals surface area contributed by atoms with Crippen molar-refractivity contribution in [2.75, 3.05) is 5.88 Å². The lowest BCUT2D eigenvalue weighted by atomic mass is 10.8. The number of hydrogen-bond donors (Lipinski definition) is 0. The number of hydrogen-bond acceptors (Lipinski definition) is 4. The Kier molecular flexibility index (Phi) is 3.22. The Hall–Kier alpha value is -0.640. The van der Waals surface area contributed by atoms with E-state index in [1.165, 1.54) is 0 Å². The highest BCUT2D eigenvalue weighted by atomic mass is 35.5. The summed E-state index contributed by atoms with van der Waals surface area (Å²) < 4.78 is 0. The molecule has 0 amide bonds. The molecule has 0 aromatic rings. The average molecular weight is 123 g/mol. The minimum absolute atomic E-state index is 0.342. The lowest BCUT2D eigenvalue weighted by molar-refractivity contribution is -0.140. The molecule has 40 valence electrons. The van der Waals surface area contributed by atoms with Crippen molar-refractivity contribution in [2.24, 2.45) is 5.34 Å². The van der Waals surface area contributed by atoms with Gasteiger partial charge in [0.2, 0.25) is 0 Å². The first-order valence-corrected chi connectivity index (χ1v) is 1.93. The van der Waals surface area contributed by atoms with Gasteiger partial charge in [-0.25, -0.2) is 4.79 Å². The Morgan fingerprint density at radius 1 is 1.86 bits per heavy atom. The first-order chi connectivity index (χ1) is 3.31. The summed E-state index contributed by atoms with van der Waals surface area (Å²) in [6.45, 7) is 0. The summed E-state index contributed by atoms with van der Waals surface area (Å²) in [5, 5.41) is 1.82. The van der Waals surface area contributed by atoms with Crippen LogP contribution in [0.5, 0.6) is 0 Å². The number of carbonyl (C=O) groups excluding carboxylic acids is 1. The van der Waals surface area contributed by atoms with Crippen molar-refractivity contribution in [3.63, 3.8) is 0 Å². The zero-order chi connectivity index (χ0) is 5.70. The topological polar surface area (TPSA) is 55.7 Å². The maximum Gasteiger partial charge on any atom is 0.353 e. The summed E-state index contributed by atoms with van der Waals surface area (Å²) in [6.07, 6.45) is 0. The van der Waals surface area contributed by atoms with E-state index in [0.717, 1.165) is 0 Å². The first kappa shape index (κ1) is 6.36. The van der Waals surface area contributed by atoms with E-state index in [-0.39, 0.29) is 5.88 Å². The zero-order valence-corrected chi connectivity index (χ0v) is 4.01. The summed E-state index contributed by atoms with van der Waals surface area (Å²) in [4.78, 5) is 22.3. The highest BCUT2D eigenvalue weighted by molar-refractivity contribution is 6.26. The standard InChI is InChI=1S/C2H2ClNO3/c3-1-2(5)7-4-6/h1H2. The number of alkyl halides is 1. The second-order valence-electron chi connectivity index (χ2n) is 0.671. The molecular formula is C2H2ClNO3. The maximum absolute atomic E-state index is 9.76. The molecule has 0 radical (unpaired) electrons. The summed E-state index contributed by atoms with van der Waals surface area (Å²) in [6, 6.07) is 0. The minimum atomic E-state index is -0.836. The van der Waals surface area contributed by atoms with Gasteiger partial charge in [-0.1, -0.05) is 0 Å². The van der Waals surface area contributed by atoms with Crippen LogP contribution in [-0.4, -0.2) is 11.8 Å². The number of rotatable bonds is 2. The average Bonchev–Trinajstić information content (AvgIpc) is 1.68. The van der Waals surface area contributed by atoms with Crippen LogP contribution in [0, 0.1) is 4.91 Å². The Labute approximate surface area is 44.3 Å². The van der Waals surface area contributed by atoms with E-state index in [2.05, 4.69) is 4.84 Å². The Morgan fingerprint density at radius 2 is 2.43 bits per heavy atom. The van der Waals surface area contributed by atoms with Crippen molar-refractivity contribution >= 4 is 17.6 Å². The lowest BCUT2D eigenvalue weighted by Gasteiger charge is -1.80. The van der Waals surface area contributed by atoms with Crippen LogP contribution >= 0.6 is 11.6 Å². The molecule has 0 bridgehead atoms. The van der Waals surface area contributed by atoms with E-state index in [9.17, 15) is 4.79 Å². The van der Waals surface area contributed by atoms with Crippen LogP contribution in [0.4, 0.5) is 0 Å². The zero-order valence-electron chi connectivity index (χ0n) is 3.26. The van der Waals surface area contributed by atoms with Crippen LogP contribution in [-0.2, 0) is 9.63 Å². The molecule has 0 saturated carbocycles. The second-order valence-corrected chi connectivity index (χ2v) is 0.939. The Bertz CT molecular complexity index is 83.0. The summed E-state index contributed by atoms with van der Waals surface area (Å²) in [7, 11) is 0. The van der Waals surface area contributed by atoms with Gasteiger partial charge in [0.25, 0.3) is 0 Å². The van der Waals surface area contributed by atoms with Gasteiger partial charge in [0, 0.05) is 0 Å². The summed E-state index contributed by atoms with van der Waals surface area (Å²) >= 11 is 4.86. The van der Waals surface area contributed by atoms with Gasteiger partial charge in [-0.15, -0.1) is 16.5 Å². The van der Waals surface area contributed by atoms with E-state index in [1.54, 1.807) is 0 Å². The van der Waals surface area contributed by atoms with Gasteiger partial charge in [-0.2, -0.15) is 0 Å². The SMILES string of the molecule is O=NOC(=O)CCl. The largest absolute Gasteiger partial charge is 0.353 e. The van der Waals surface area contributed by atoms with Gasteiger partial charge in [0.15, 0.2) is 5.34 Å². The van der Waals surface area contributed by atoms with Gasteiger partial charge in [-0.3, -0.25) is 4.84 Å². The van der Waals surface area contributed by atoms with Gasteiger partial charge >= 0.3 is 5.97 Å². The molecule has 0 saturated heterocycles. The van der Waals surface area contributed by atoms with Gasteiger partial charge < -0.3 is 0 Å². The fraction of sp³-hybridized carbons (Fsp3) is 0.500. The molecule has 0 N–H and O–H groups in total. The van der Waals surface area contributed by atoms with Crippen molar-refractivity contribution < 1.29 is 9.63 Å². The smallest absolute Gasteiger partial charge is 0.283 e. The van der Waals surface area contributed by atoms with Crippen LogP contribution in [0.2, 0.25) is 0 Å². The third kappa shape index (κ3) is 3.18. The van der Waals surface area contributed by atoms with Crippen molar-refractivity contribution in [1.82, 2.24) is 0 Å².